The van der Waals surface area contributed by atoms with E-state index in [1.54, 1.807) is 55.6 Å². The minimum absolute atomic E-state index is 0.00234. The fraction of sp³-hybridized carbons (Fsp3) is 0.318. The number of benzene rings is 2. The minimum atomic E-state index is -3.57. The van der Waals surface area contributed by atoms with E-state index in [0.29, 0.717) is 24.2 Å². The lowest BCUT2D eigenvalue weighted by molar-refractivity contribution is -0.121. The molecule has 168 valence electrons. The Morgan fingerprint density at radius 2 is 1.84 bits per heavy atom. The fourth-order valence-electron chi connectivity index (χ4n) is 3.57. The van der Waals surface area contributed by atoms with Crippen molar-refractivity contribution in [3.05, 3.63) is 54.1 Å². The Morgan fingerprint density at radius 1 is 1.12 bits per heavy atom. The Labute approximate surface area is 186 Å². The second kappa shape index (κ2) is 9.09. The van der Waals surface area contributed by atoms with Gasteiger partial charge in [-0.25, -0.2) is 8.42 Å². The summed E-state index contributed by atoms with van der Waals surface area (Å²) in [6.07, 6.45) is 0.821. The van der Waals surface area contributed by atoms with Crippen molar-refractivity contribution in [3.8, 4) is 17.2 Å². The van der Waals surface area contributed by atoms with Crippen LogP contribution in [0.3, 0.4) is 0 Å². The topological polar surface area (TPSA) is 115 Å². The van der Waals surface area contributed by atoms with Gasteiger partial charge in [-0.2, -0.15) is 4.31 Å². The van der Waals surface area contributed by atoms with Crippen LogP contribution in [0.15, 0.2) is 57.8 Å². The zero-order valence-electron chi connectivity index (χ0n) is 17.8. The molecular weight excluding hydrogens is 432 g/mol. The van der Waals surface area contributed by atoms with Crippen LogP contribution >= 0.6 is 0 Å². The number of carbonyl (C=O) groups is 1. The van der Waals surface area contributed by atoms with Gasteiger partial charge in [-0.1, -0.05) is 28.9 Å². The van der Waals surface area contributed by atoms with Crippen LogP contribution in [-0.2, 0) is 14.8 Å². The van der Waals surface area contributed by atoms with E-state index >= 15 is 0 Å². The number of methoxy groups -OCH3 is 1. The van der Waals surface area contributed by atoms with E-state index in [0.717, 1.165) is 5.56 Å². The number of hydrogen-bond acceptors (Lipinski definition) is 7. The van der Waals surface area contributed by atoms with Crippen LogP contribution in [0, 0.1) is 12.8 Å². The number of hydrogen-bond donors (Lipinski definition) is 1. The Kier molecular flexibility index (Phi) is 6.24. The lowest BCUT2D eigenvalue weighted by Crippen LogP contribution is -2.41. The Hall–Kier alpha value is -3.24. The molecule has 0 bridgehead atoms. The number of anilines is 1. The van der Waals surface area contributed by atoms with Gasteiger partial charge in [-0.05, 0) is 50.1 Å². The molecule has 1 saturated heterocycles. The molecule has 0 saturated carbocycles. The number of sulfonamides is 1. The van der Waals surface area contributed by atoms with Gasteiger partial charge in [0.25, 0.3) is 0 Å². The number of piperidine rings is 1. The highest BCUT2D eigenvalue weighted by Gasteiger charge is 2.32. The van der Waals surface area contributed by atoms with Crippen molar-refractivity contribution in [2.45, 2.75) is 24.7 Å². The van der Waals surface area contributed by atoms with E-state index in [1.165, 1.54) is 4.31 Å². The molecule has 10 heteroatoms. The van der Waals surface area contributed by atoms with Crippen LogP contribution in [0.1, 0.15) is 18.4 Å². The second-order valence-electron chi connectivity index (χ2n) is 7.62. The fourth-order valence-corrected chi connectivity index (χ4v) is 5.04. The zero-order chi connectivity index (χ0) is 22.7. The first-order valence-corrected chi connectivity index (χ1v) is 11.7. The molecule has 1 N–H and O–H groups in total. The number of rotatable bonds is 6. The summed E-state index contributed by atoms with van der Waals surface area (Å²) in [5.41, 5.74) is 1.67. The Morgan fingerprint density at radius 3 is 2.53 bits per heavy atom. The van der Waals surface area contributed by atoms with Crippen molar-refractivity contribution in [1.29, 1.82) is 0 Å². The molecule has 1 fully saturated rings. The Bertz CT molecular complexity index is 1200. The molecule has 0 atom stereocenters. The van der Waals surface area contributed by atoms with Crippen LogP contribution in [0.4, 0.5) is 6.01 Å². The van der Waals surface area contributed by atoms with Gasteiger partial charge in [0.1, 0.15) is 5.75 Å². The highest BCUT2D eigenvalue weighted by Crippen LogP contribution is 2.27. The number of aromatic nitrogens is 2. The summed E-state index contributed by atoms with van der Waals surface area (Å²) in [5, 5.41) is 10.5. The standard InChI is InChI=1S/C22H24N4O5S/c1-15-6-8-19(9-7-15)32(28,29)26-12-10-16(11-13-26)20(27)23-22-25-24-21(31-22)17-4-3-5-18(14-17)30-2/h3-9,14,16H,10-13H2,1-2H3,(H,23,25,27). The van der Waals surface area contributed by atoms with Gasteiger partial charge in [-0.3, -0.25) is 10.1 Å². The molecule has 1 aliphatic heterocycles. The molecule has 3 aromatic rings. The molecule has 9 nitrogen and oxygen atoms in total. The van der Waals surface area contributed by atoms with E-state index in [9.17, 15) is 13.2 Å². The number of aryl methyl sites for hydroxylation is 1. The van der Waals surface area contributed by atoms with Crippen molar-refractivity contribution < 1.29 is 22.4 Å². The van der Waals surface area contributed by atoms with Crippen LogP contribution in [-0.4, -0.2) is 49.0 Å². The third-order valence-corrected chi connectivity index (χ3v) is 7.37. The number of amides is 1. The normalized spacial score (nSPS) is 15.4. The summed E-state index contributed by atoms with van der Waals surface area (Å²) in [6.45, 7) is 2.45. The number of nitrogens with one attached hydrogen (secondary N) is 1. The maximum Gasteiger partial charge on any atom is 0.322 e. The van der Waals surface area contributed by atoms with E-state index in [4.69, 9.17) is 9.15 Å². The maximum atomic E-state index is 12.8. The largest absolute Gasteiger partial charge is 0.497 e. The van der Waals surface area contributed by atoms with E-state index in [2.05, 4.69) is 15.5 Å². The molecule has 2 aromatic carbocycles. The maximum absolute atomic E-state index is 12.8. The molecule has 2 heterocycles. The van der Waals surface area contributed by atoms with Crippen molar-refractivity contribution in [1.82, 2.24) is 14.5 Å². The highest BCUT2D eigenvalue weighted by atomic mass is 32.2. The van der Waals surface area contributed by atoms with Gasteiger partial charge in [0.15, 0.2) is 0 Å². The van der Waals surface area contributed by atoms with Gasteiger partial charge < -0.3 is 9.15 Å². The molecule has 4 rings (SSSR count). The van der Waals surface area contributed by atoms with Crippen LogP contribution in [0.2, 0.25) is 0 Å². The van der Waals surface area contributed by atoms with Gasteiger partial charge in [0.2, 0.25) is 21.8 Å². The lowest BCUT2D eigenvalue weighted by atomic mass is 9.97. The van der Waals surface area contributed by atoms with Crippen molar-refractivity contribution >= 4 is 21.9 Å². The molecule has 0 spiro atoms. The number of ether oxygens (including phenoxy) is 1. The highest BCUT2D eigenvalue weighted by molar-refractivity contribution is 7.89. The second-order valence-corrected chi connectivity index (χ2v) is 9.56. The molecule has 1 amide bonds. The molecule has 1 aliphatic rings. The first kappa shape index (κ1) is 22.0. The molecule has 0 unspecified atom stereocenters. The molecule has 0 aliphatic carbocycles. The molecule has 32 heavy (non-hydrogen) atoms. The zero-order valence-corrected chi connectivity index (χ0v) is 18.6. The summed E-state index contributed by atoms with van der Waals surface area (Å²) in [5.74, 6) is 0.307. The third-order valence-electron chi connectivity index (χ3n) is 5.46. The number of nitrogens with zero attached hydrogens (tertiary/aromatic N) is 3. The van der Waals surface area contributed by atoms with E-state index in [1.807, 2.05) is 6.92 Å². The summed E-state index contributed by atoms with van der Waals surface area (Å²) in [7, 11) is -2.00. The minimum Gasteiger partial charge on any atom is -0.497 e. The van der Waals surface area contributed by atoms with E-state index < -0.39 is 10.0 Å². The van der Waals surface area contributed by atoms with Crippen molar-refractivity contribution in [2.75, 3.05) is 25.5 Å². The van der Waals surface area contributed by atoms with Gasteiger partial charge in [-0.15, -0.1) is 5.10 Å². The smallest absolute Gasteiger partial charge is 0.322 e. The lowest BCUT2D eigenvalue weighted by Gasteiger charge is -2.30. The molecule has 1 aromatic heterocycles. The molecular formula is C22H24N4O5S. The van der Waals surface area contributed by atoms with Crippen LogP contribution in [0.25, 0.3) is 11.5 Å². The monoisotopic (exact) mass is 456 g/mol. The summed E-state index contributed by atoms with van der Waals surface area (Å²) in [6, 6.07) is 13.9. The third kappa shape index (κ3) is 4.66. The quantitative estimate of drug-likeness (QED) is 0.606. The molecule has 0 radical (unpaired) electrons. The van der Waals surface area contributed by atoms with Crippen molar-refractivity contribution in [2.24, 2.45) is 5.92 Å². The average Bonchev–Trinajstić information content (AvgIpc) is 3.28. The average molecular weight is 457 g/mol. The number of carbonyl (C=O) groups excluding carboxylic acids is 1. The van der Waals surface area contributed by atoms with Gasteiger partial charge >= 0.3 is 6.01 Å². The summed E-state index contributed by atoms with van der Waals surface area (Å²) in [4.78, 5) is 12.9. The predicted octanol–water partition coefficient (Wildman–Crippen LogP) is 3.09. The van der Waals surface area contributed by atoms with E-state index in [-0.39, 0.29) is 41.7 Å². The Balaban J connectivity index is 1.36. The summed E-state index contributed by atoms with van der Waals surface area (Å²) >= 11 is 0. The van der Waals surface area contributed by atoms with Crippen LogP contribution in [0.5, 0.6) is 5.75 Å². The summed E-state index contributed by atoms with van der Waals surface area (Å²) < 4.78 is 37.8. The predicted molar refractivity (Wildman–Crippen MR) is 118 cm³/mol. The van der Waals surface area contributed by atoms with Gasteiger partial charge in [0, 0.05) is 24.6 Å². The SMILES string of the molecule is COc1cccc(-c2nnc(NC(=O)C3CCN(S(=O)(=O)c4ccc(C)cc4)CC3)o2)c1. The van der Waals surface area contributed by atoms with Gasteiger partial charge in [0.05, 0.1) is 12.0 Å². The first-order valence-electron chi connectivity index (χ1n) is 10.2. The van der Waals surface area contributed by atoms with Crippen molar-refractivity contribution in [3.63, 3.8) is 0 Å². The first-order chi connectivity index (χ1) is 15.4. The van der Waals surface area contributed by atoms with Crippen LogP contribution < -0.4 is 10.1 Å².